The lowest BCUT2D eigenvalue weighted by atomic mass is 10.2. The van der Waals surface area contributed by atoms with Gasteiger partial charge in [-0.25, -0.2) is 4.68 Å². The van der Waals surface area contributed by atoms with E-state index >= 15 is 0 Å². The van der Waals surface area contributed by atoms with E-state index in [1.807, 2.05) is 4.90 Å². The van der Waals surface area contributed by atoms with Gasteiger partial charge in [-0.05, 0) is 25.1 Å². The molecule has 11 heteroatoms. The predicted molar refractivity (Wildman–Crippen MR) is 114 cm³/mol. The molecule has 1 N–H and O–H groups in total. The Bertz CT molecular complexity index is 1160. The molecule has 1 aromatic heterocycles. The zero-order chi connectivity index (χ0) is 22.1. The van der Waals surface area contributed by atoms with Crippen molar-refractivity contribution >= 4 is 28.9 Å². The summed E-state index contributed by atoms with van der Waals surface area (Å²) in [4.78, 5) is 27.1. The van der Waals surface area contributed by atoms with Crippen LogP contribution in [-0.4, -0.2) is 62.0 Å². The fourth-order valence-corrected chi connectivity index (χ4v) is 3.86. The Balaban J connectivity index is 1.47. The number of carbonyl (C=O) groups is 1. The number of nitro benzene ring substituents is 1. The molecule has 0 radical (unpaired) electrons. The average Bonchev–Trinajstić information content (AvgIpc) is 3.14. The van der Waals surface area contributed by atoms with Gasteiger partial charge in [0.1, 0.15) is 11.4 Å². The van der Waals surface area contributed by atoms with Crippen LogP contribution in [0.4, 0.5) is 11.4 Å². The summed E-state index contributed by atoms with van der Waals surface area (Å²) in [6.07, 6.45) is 0. The van der Waals surface area contributed by atoms with Crippen LogP contribution in [0.5, 0.6) is 5.75 Å². The maximum atomic E-state index is 13.0. The third kappa shape index (κ3) is 3.89. The van der Waals surface area contributed by atoms with Gasteiger partial charge in [0.25, 0.3) is 11.6 Å². The quantitative estimate of drug-likeness (QED) is 0.487. The highest BCUT2D eigenvalue weighted by Gasteiger charge is 2.28. The molecule has 31 heavy (non-hydrogen) atoms. The molecule has 2 heterocycles. The standard InChI is InChI=1S/C20H19ClN6O4/c1-13-19(22-23-26(13)17-4-2-3-5-18(17)28)20(29)25-10-8-24(9-11-25)16-7-6-14(27(30)31)12-15(16)21/h2-7,12,28H,8-11H2,1H3. The summed E-state index contributed by atoms with van der Waals surface area (Å²) in [6, 6.07) is 11.1. The number of hydrogen-bond donors (Lipinski definition) is 1. The SMILES string of the molecule is Cc1c(C(=O)N2CCN(c3ccc([N+](=O)[O-])cc3Cl)CC2)nnn1-c1ccccc1O. The number of rotatable bonds is 4. The van der Waals surface area contributed by atoms with Gasteiger partial charge in [-0.2, -0.15) is 0 Å². The predicted octanol–water partition coefficient (Wildman–Crippen LogP) is 2.81. The van der Waals surface area contributed by atoms with Crippen molar-refractivity contribution in [1.29, 1.82) is 0 Å². The van der Waals surface area contributed by atoms with E-state index < -0.39 is 4.92 Å². The number of anilines is 1. The lowest BCUT2D eigenvalue weighted by Gasteiger charge is -2.36. The highest BCUT2D eigenvalue weighted by Crippen LogP contribution is 2.30. The first kappa shape index (κ1) is 20.6. The molecular formula is C20H19ClN6O4. The van der Waals surface area contributed by atoms with E-state index in [9.17, 15) is 20.0 Å². The number of phenols is 1. The van der Waals surface area contributed by atoms with Crippen LogP contribution in [-0.2, 0) is 0 Å². The number of aromatic hydroxyl groups is 1. The number of nitrogens with zero attached hydrogens (tertiary/aromatic N) is 6. The zero-order valence-corrected chi connectivity index (χ0v) is 17.4. The first-order valence-electron chi connectivity index (χ1n) is 9.55. The molecule has 3 aromatic rings. The Morgan fingerprint density at radius 3 is 2.48 bits per heavy atom. The third-order valence-electron chi connectivity index (χ3n) is 5.26. The van der Waals surface area contributed by atoms with Crippen molar-refractivity contribution in [2.45, 2.75) is 6.92 Å². The van der Waals surface area contributed by atoms with Crippen molar-refractivity contribution in [3.05, 3.63) is 69.0 Å². The monoisotopic (exact) mass is 442 g/mol. The number of aromatic nitrogens is 3. The van der Waals surface area contributed by atoms with Crippen LogP contribution in [0.1, 0.15) is 16.2 Å². The number of hydrogen-bond acceptors (Lipinski definition) is 7. The van der Waals surface area contributed by atoms with Gasteiger partial charge in [0.05, 0.1) is 21.3 Å². The molecule has 0 saturated carbocycles. The molecule has 160 valence electrons. The number of benzene rings is 2. The van der Waals surface area contributed by atoms with E-state index in [0.29, 0.717) is 48.3 Å². The van der Waals surface area contributed by atoms with Gasteiger partial charge in [0.2, 0.25) is 0 Å². The average molecular weight is 443 g/mol. The second-order valence-electron chi connectivity index (χ2n) is 7.10. The van der Waals surface area contributed by atoms with E-state index in [0.717, 1.165) is 0 Å². The minimum atomic E-state index is -0.489. The second kappa shape index (κ2) is 8.23. The molecule has 0 unspecified atom stereocenters. The Morgan fingerprint density at radius 1 is 1.13 bits per heavy atom. The normalized spacial score (nSPS) is 14.0. The number of amides is 1. The van der Waals surface area contributed by atoms with E-state index in [2.05, 4.69) is 10.3 Å². The van der Waals surface area contributed by atoms with Crippen LogP contribution >= 0.6 is 11.6 Å². The Hall–Kier alpha value is -3.66. The summed E-state index contributed by atoms with van der Waals surface area (Å²) >= 11 is 6.23. The molecule has 0 aliphatic carbocycles. The third-order valence-corrected chi connectivity index (χ3v) is 5.56. The van der Waals surface area contributed by atoms with Gasteiger partial charge in [-0.3, -0.25) is 14.9 Å². The zero-order valence-electron chi connectivity index (χ0n) is 16.6. The lowest BCUT2D eigenvalue weighted by molar-refractivity contribution is -0.384. The number of phenolic OH excluding ortho intramolecular Hbond substituents is 1. The van der Waals surface area contributed by atoms with Gasteiger partial charge in [-0.15, -0.1) is 5.10 Å². The number of para-hydroxylation sites is 2. The molecule has 1 saturated heterocycles. The lowest BCUT2D eigenvalue weighted by Crippen LogP contribution is -2.49. The topological polar surface area (TPSA) is 118 Å². The van der Waals surface area contributed by atoms with Gasteiger partial charge in [-0.1, -0.05) is 28.9 Å². The fraction of sp³-hybridized carbons (Fsp3) is 0.250. The first-order valence-corrected chi connectivity index (χ1v) is 9.93. The van der Waals surface area contributed by atoms with Gasteiger partial charge in [0.15, 0.2) is 5.69 Å². The molecular weight excluding hydrogens is 424 g/mol. The number of piperazine rings is 1. The van der Waals surface area contributed by atoms with Crippen LogP contribution in [0.25, 0.3) is 5.69 Å². The molecule has 10 nitrogen and oxygen atoms in total. The molecule has 0 spiro atoms. The largest absolute Gasteiger partial charge is 0.506 e. The summed E-state index contributed by atoms with van der Waals surface area (Å²) in [5.74, 6) is -0.197. The van der Waals surface area contributed by atoms with Gasteiger partial charge >= 0.3 is 0 Å². The first-order chi connectivity index (χ1) is 14.9. The summed E-state index contributed by atoms with van der Waals surface area (Å²) in [6.45, 7) is 3.66. The van der Waals surface area contributed by atoms with Crippen molar-refractivity contribution in [3.8, 4) is 11.4 Å². The minimum absolute atomic E-state index is 0.0445. The molecule has 1 fully saturated rings. The molecule has 1 amide bonds. The molecule has 1 aliphatic heterocycles. The minimum Gasteiger partial charge on any atom is -0.506 e. The number of non-ortho nitro benzene ring substituents is 1. The van der Waals surface area contributed by atoms with E-state index in [1.165, 1.54) is 16.8 Å². The van der Waals surface area contributed by atoms with Crippen molar-refractivity contribution in [2.24, 2.45) is 0 Å². The molecule has 2 aromatic carbocycles. The van der Waals surface area contributed by atoms with Crippen molar-refractivity contribution in [3.63, 3.8) is 0 Å². The van der Waals surface area contributed by atoms with Crippen LogP contribution in [0.2, 0.25) is 5.02 Å². The number of nitro groups is 1. The number of halogens is 1. The highest BCUT2D eigenvalue weighted by molar-refractivity contribution is 6.33. The van der Waals surface area contributed by atoms with E-state index in [4.69, 9.17) is 11.6 Å². The Morgan fingerprint density at radius 2 is 1.84 bits per heavy atom. The van der Waals surface area contributed by atoms with Crippen molar-refractivity contribution < 1.29 is 14.8 Å². The maximum Gasteiger partial charge on any atom is 0.276 e. The Kier molecular flexibility index (Phi) is 5.47. The summed E-state index contributed by atoms with van der Waals surface area (Å²) in [5.41, 5.74) is 1.84. The van der Waals surface area contributed by atoms with Gasteiger partial charge in [0, 0.05) is 38.3 Å². The summed E-state index contributed by atoms with van der Waals surface area (Å²) in [5, 5.41) is 29.3. The maximum absolute atomic E-state index is 13.0. The molecule has 0 atom stereocenters. The van der Waals surface area contributed by atoms with E-state index in [-0.39, 0.29) is 23.0 Å². The smallest absolute Gasteiger partial charge is 0.276 e. The fourth-order valence-electron chi connectivity index (χ4n) is 3.56. The molecule has 1 aliphatic rings. The number of carbonyl (C=O) groups excluding carboxylic acids is 1. The van der Waals surface area contributed by atoms with Crippen LogP contribution in [0.15, 0.2) is 42.5 Å². The van der Waals surface area contributed by atoms with Crippen LogP contribution in [0, 0.1) is 17.0 Å². The molecule has 4 rings (SSSR count). The second-order valence-corrected chi connectivity index (χ2v) is 7.50. The Labute approximate surface area is 182 Å². The molecule has 0 bridgehead atoms. The van der Waals surface area contributed by atoms with Crippen molar-refractivity contribution in [1.82, 2.24) is 19.9 Å². The summed E-state index contributed by atoms with van der Waals surface area (Å²) in [7, 11) is 0. The highest BCUT2D eigenvalue weighted by atomic mass is 35.5. The van der Waals surface area contributed by atoms with Crippen LogP contribution in [0.3, 0.4) is 0 Å². The van der Waals surface area contributed by atoms with Gasteiger partial charge < -0.3 is 14.9 Å². The van der Waals surface area contributed by atoms with Crippen molar-refractivity contribution in [2.75, 3.05) is 31.1 Å². The van der Waals surface area contributed by atoms with E-state index in [1.54, 1.807) is 42.2 Å². The summed E-state index contributed by atoms with van der Waals surface area (Å²) < 4.78 is 1.44. The van der Waals surface area contributed by atoms with Crippen LogP contribution < -0.4 is 4.90 Å².